The molecule has 4 N–H and O–H groups in total. The predicted octanol–water partition coefficient (Wildman–Crippen LogP) is 4.21. The molecule has 0 radical (unpaired) electrons. The lowest BCUT2D eigenvalue weighted by molar-refractivity contribution is -0.134. The van der Waals surface area contributed by atoms with Crippen LogP contribution in [-0.4, -0.2) is 62.4 Å². The van der Waals surface area contributed by atoms with Gasteiger partial charge in [-0.05, 0) is 81.1 Å². The van der Waals surface area contributed by atoms with Gasteiger partial charge in [0.1, 0.15) is 5.78 Å². The molecule has 4 aliphatic carbocycles. The first kappa shape index (κ1) is 27.2. The van der Waals surface area contributed by atoms with E-state index in [0.29, 0.717) is 46.9 Å². The van der Waals surface area contributed by atoms with Crippen LogP contribution in [0.2, 0.25) is 0 Å². The predicted molar refractivity (Wildman–Crippen MR) is 138 cm³/mol. The average molecular weight is 521 g/mol. The first-order valence-corrected chi connectivity index (χ1v) is 14.3. The number of carbonyl (C=O) groups excluding carboxylic acids is 1. The van der Waals surface area contributed by atoms with Gasteiger partial charge in [0.05, 0.1) is 5.71 Å². The van der Waals surface area contributed by atoms with Crippen LogP contribution in [0, 0.1) is 34.5 Å². The number of hydrogen-bond acceptors (Lipinski definition) is 7. The average Bonchev–Trinajstić information content (AvgIpc) is 3.45. The zero-order chi connectivity index (χ0) is 26.1. The van der Waals surface area contributed by atoms with Crippen molar-refractivity contribution in [3.05, 3.63) is 12.2 Å². The molecule has 9 heteroatoms. The molecule has 0 aromatic carbocycles. The van der Waals surface area contributed by atoms with Gasteiger partial charge in [-0.1, -0.05) is 19.0 Å². The van der Waals surface area contributed by atoms with Gasteiger partial charge in [0, 0.05) is 47.0 Å². The molecule has 200 valence electrons. The number of Topliss-reactive ketones (excluding diaryl/α,β-unsaturated/α-hetero) is 1. The number of oxime groups is 1. The minimum atomic E-state index is -1.26. The van der Waals surface area contributed by atoms with Gasteiger partial charge < -0.3 is 20.7 Å². The Hall–Kier alpha value is -1.87. The molecular formula is C27H40N2O6S. The van der Waals surface area contributed by atoms with Crippen LogP contribution in [0.4, 0.5) is 0 Å². The maximum Gasteiger partial charge on any atom is 0.328 e. The van der Waals surface area contributed by atoms with Gasteiger partial charge in [0.25, 0.3) is 0 Å². The number of nitrogens with zero attached hydrogens (tertiary/aromatic N) is 1. The van der Waals surface area contributed by atoms with Gasteiger partial charge in [-0.25, -0.2) is 9.59 Å². The molecule has 8 nitrogen and oxygen atoms in total. The molecule has 0 aromatic rings. The highest BCUT2D eigenvalue weighted by Gasteiger charge is 2.61. The van der Waals surface area contributed by atoms with Crippen LogP contribution in [0.1, 0.15) is 71.6 Å². The van der Waals surface area contributed by atoms with Crippen LogP contribution in [-0.2, 0) is 14.4 Å². The lowest BCUT2D eigenvalue weighted by atomic mass is 9.45. The van der Waals surface area contributed by atoms with E-state index in [9.17, 15) is 19.6 Å². The topological polar surface area (TPSA) is 136 Å². The second-order valence-corrected chi connectivity index (χ2v) is 13.4. The number of hydrogen-bond donors (Lipinski definition) is 4. The van der Waals surface area contributed by atoms with Crippen molar-refractivity contribution in [2.24, 2.45) is 39.7 Å². The molecule has 0 spiro atoms. The summed E-state index contributed by atoms with van der Waals surface area (Å²) in [6, 6.07) is 0. The van der Waals surface area contributed by atoms with Crippen molar-refractivity contribution >= 4 is 35.2 Å². The van der Waals surface area contributed by atoms with E-state index in [1.54, 1.807) is 0 Å². The minimum absolute atomic E-state index is 0.104. The molecule has 4 saturated carbocycles. The third kappa shape index (κ3) is 5.23. The van der Waals surface area contributed by atoms with Crippen LogP contribution in [0.3, 0.4) is 0 Å². The Bertz CT molecular complexity index is 915. The lowest BCUT2D eigenvalue weighted by Gasteiger charge is -2.60. The summed E-state index contributed by atoms with van der Waals surface area (Å²) >= 11 is 2.20. The summed E-state index contributed by atoms with van der Waals surface area (Å²) in [7, 11) is 0. The summed E-state index contributed by atoms with van der Waals surface area (Å²) in [4.78, 5) is 31.7. The van der Waals surface area contributed by atoms with Gasteiger partial charge in [0.15, 0.2) is 0 Å². The van der Waals surface area contributed by atoms with Crippen molar-refractivity contribution in [3.8, 4) is 0 Å². The van der Waals surface area contributed by atoms with Crippen molar-refractivity contribution < 1.29 is 29.8 Å². The number of fused-ring (bicyclic) bond motifs is 5. The maximum absolute atomic E-state index is 12.6. The third-order valence-electron chi connectivity index (χ3n) is 10.0. The van der Waals surface area contributed by atoms with E-state index in [0.717, 1.165) is 49.7 Å². The first-order valence-electron chi connectivity index (χ1n) is 13.3. The van der Waals surface area contributed by atoms with E-state index in [2.05, 4.69) is 36.1 Å². The van der Waals surface area contributed by atoms with Crippen molar-refractivity contribution in [2.45, 2.75) is 82.1 Å². The summed E-state index contributed by atoms with van der Waals surface area (Å²) in [6.45, 7) is 7.05. The van der Waals surface area contributed by atoms with Crippen molar-refractivity contribution in [1.82, 2.24) is 5.32 Å². The molecule has 1 aliphatic heterocycles. The number of thioether (sulfide) groups is 1. The number of carboxylic acid groups (broad SMARTS) is 2. The molecule has 5 aliphatic rings. The van der Waals surface area contributed by atoms with E-state index in [4.69, 9.17) is 10.2 Å². The summed E-state index contributed by atoms with van der Waals surface area (Å²) in [5, 5.41) is 34.5. The molecular weight excluding hydrogens is 480 g/mol. The van der Waals surface area contributed by atoms with Gasteiger partial charge in [0.2, 0.25) is 0 Å². The molecule has 36 heavy (non-hydrogen) atoms. The summed E-state index contributed by atoms with van der Waals surface area (Å²) < 4.78 is 0. The Morgan fingerprint density at radius 1 is 1.03 bits per heavy atom. The third-order valence-corrected chi connectivity index (χ3v) is 11.6. The smallest absolute Gasteiger partial charge is 0.328 e. The van der Waals surface area contributed by atoms with E-state index >= 15 is 0 Å². The number of carbonyl (C=O) groups is 3. The molecule has 1 saturated heterocycles. The van der Waals surface area contributed by atoms with Crippen LogP contribution >= 0.6 is 11.8 Å². The minimum Gasteiger partial charge on any atom is -0.478 e. The molecule has 5 rings (SSSR count). The molecule has 8 atom stereocenters. The van der Waals surface area contributed by atoms with E-state index in [1.165, 1.54) is 32.1 Å². The molecule has 0 bridgehead atoms. The van der Waals surface area contributed by atoms with Crippen LogP contribution in [0.15, 0.2) is 17.3 Å². The van der Waals surface area contributed by atoms with Crippen molar-refractivity contribution in [1.29, 1.82) is 0 Å². The normalized spacial score (nSPS) is 42.8. The van der Waals surface area contributed by atoms with E-state index in [-0.39, 0.29) is 10.8 Å². The molecule has 2 unspecified atom stereocenters. The highest BCUT2D eigenvalue weighted by Crippen LogP contribution is 2.65. The second kappa shape index (κ2) is 10.9. The summed E-state index contributed by atoms with van der Waals surface area (Å²) in [6.07, 6.45) is 11.2. The fourth-order valence-electron chi connectivity index (χ4n) is 8.20. The van der Waals surface area contributed by atoms with Crippen LogP contribution < -0.4 is 5.32 Å². The Morgan fingerprint density at radius 2 is 1.75 bits per heavy atom. The Morgan fingerprint density at radius 3 is 2.36 bits per heavy atom. The Balaban J connectivity index is 0.000000331. The Kier molecular flexibility index (Phi) is 8.19. The number of rotatable bonds is 4. The SMILES string of the molecule is C[C@]12CC[C@@H](SC3CCNC3)CC1/C(=N\O)C[C@@H]1[C@@H]2CC[C@]2(C)C(=O)CC[C@@H]12.O=C(O)/C=C/C(=O)O. The lowest BCUT2D eigenvalue weighted by Crippen LogP contribution is -2.57. The zero-order valence-corrected chi connectivity index (χ0v) is 22.1. The fourth-order valence-corrected chi connectivity index (χ4v) is 9.77. The molecule has 0 amide bonds. The Labute approximate surface area is 217 Å². The second-order valence-electron chi connectivity index (χ2n) is 11.8. The van der Waals surface area contributed by atoms with Crippen molar-refractivity contribution in [3.63, 3.8) is 0 Å². The standard InChI is InChI=1S/C23H36N2O2S.C4H4O4/c1-22-8-5-14(28-15-7-10-24-13-15)11-19(22)20(25-27)12-16-17-3-4-21(26)23(17,2)9-6-18(16)22;5-3(6)1-2-4(7)8/h14-19,24,27H,3-13H2,1-2H3;1-2H,(H,5,6)(H,7,8)/b25-20-;2-1+/t14-,15?,16+,17+,18+,19?,22-,23+;/m1./s1. The van der Waals surface area contributed by atoms with Gasteiger partial charge in [-0.3, -0.25) is 4.79 Å². The van der Waals surface area contributed by atoms with Gasteiger partial charge >= 0.3 is 11.9 Å². The number of ketones is 1. The van der Waals surface area contributed by atoms with Crippen LogP contribution in [0.5, 0.6) is 0 Å². The van der Waals surface area contributed by atoms with E-state index < -0.39 is 11.9 Å². The zero-order valence-electron chi connectivity index (χ0n) is 21.3. The van der Waals surface area contributed by atoms with Crippen LogP contribution in [0.25, 0.3) is 0 Å². The highest BCUT2D eigenvalue weighted by atomic mass is 32.2. The fraction of sp³-hybridized carbons (Fsp3) is 0.778. The number of aliphatic carboxylic acids is 2. The number of nitrogens with one attached hydrogen (secondary N) is 1. The number of carboxylic acids is 2. The first-order chi connectivity index (χ1) is 17.1. The van der Waals surface area contributed by atoms with Gasteiger partial charge in [-0.15, -0.1) is 0 Å². The quantitative estimate of drug-likeness (QED) is 0.246. The summed E-state index contributed by atoms with van der Waals surface area (Å²) in [5.74, 6) is 0.160. The van der Waals surface area contributed by atoms with Gasteiger partial charge in [-0.2, -0.15) is 11.8 Å². The maximum atomic E-state index is 12.6. The van der Waals surface area contributed by atoms with Crippen molar-refractivity contribution in [2.75, 3.05) is 13.1 Å². The molecule has 5 fully saturated rings. The monoisotopic (exact) mass is 520 g/mol. The summed E-state index contributed by atoms with van der Waals surface area (Å²) in [5.41, 5.74) is 1.21. The molecule has 0 aromatic heterocycles. The molecule has 1 heterocycles. The highest BCUT2D eigenvalue weighted by molar-refractivity contribution is 8.00. The largest absolute Gasteiger partial charge is 0.478 e. The van der Waals surface area contributed by atoms with E-state index in [1.807, 2.05) is 0 Å².